The Morgan fingerprint density at radius 1 is 1.38 bits per heavy atom. The van der Waals surface area contributed by atoms with E-state index in [0.29, 0.717) is 6.54 Å². The van der Waals surface area contributed by atoms with Crippen molar-refractivity contribution in [2.45, 2.75) is 26.2 Å². The largest absolute Gasteiger partial charge is 0.399 e. The molecule has 0 heterocycles. The van der Waals surface area contributed by atoms with Gasteiger partial charge in [-0.05, 0) is 24.6 Å². The minimum atomic E-state index is -0.487. The Morgan fingerprint density at radius 2 is 2.12 bits per heavy atom. The number of nitrogens with two attached hydrogens (primary N) is 1. The van der Waals surface area contributed by atoms with Gasteiger partial charge in [0.05, 0.1) is 0 Å². The van der Waals surface area contributed by atoms with E-state index in [-0.39, 0.29) is 17.2 Å². The highest BCUT2D eigenvalue weighted by Crippen LogP contribution is 2.10. The van der Waals surface area contributed by atoms with E-state index >= 15 is 0 Å². The molecule has 1 aromatic carbocycles. The molecule has 88 valence electrons. The van der Waals surface area contributed by atoms with E-state index in [0.717, 1.165) is 19.3 Å². The molecule has 0 unspecified atom stereocenters. The first-order valence-electron chi connectivity index (χ1n) is 5.47. The standard InChI is InChI=1S/C12H17FN2O/c1-2-3-4-5-15-12(16)9-6-10(13)8-11(14)7-9/h6-8H,2-5,14H2,1H3,(H,15,16). The molecule has 1 rings (SSSR count). The first-order valence-corrected chi connectivity index (χ1v) is 5.47. The van der Waals surface area contributed by atoms with E-state index in [9.17, 15) is 9.18 Å². The first-order chi connectivity index (χ1) is 7.63. The van der Waals surface area contributed by atoms with Crippen molar-refractivity contribution in [3.8, 4) is 0 Å². The number of hydrogen-bond acceptors (Lipinski definition) is 2. The number of carbonyl (C=O) groups is 1. The molecular weight excluding hydrogens is 207 g/mol. The molecular formula is C12H17FN2O. The van der Waals surface area contributed by atoms with Crippen molar-refractivity contribution in [1.29, 1.82) is 0 Å². The summed E-state index contributed by atoms with van der Waals surface area (Å²) in [5.74, 6) is -0.763. The SMILES string of the molecule is CCCCCNC(=O)c1cc(N)cc(F)c1. The summed E-state index contributed by atoms with van der Waals surface area (Å²) < 4.78 is 13.0. The van der Waals surface area contributed by atoms with Crippen LogP contribution in [0.3, 0.4) is 0 Å². The normalized spacial score (nSPS) is 10.1. The molecule has 0 fully saturated rings. The van der Waals surface area contributed by atoms with E-state index in [2.05, 4.69) is 12.2 Å². The summed E-state index contributed by atoms with van der Waals surface area (Å²) in [4.78, 5) is 11.6. The zero-order chi connectivity index (χ0) is 12.0. The smallest absolute Gasteiger partial charge is 0.251 e. The highest BCUT2D eigenvalue weighted by molar-refractivity contribution is 5.94. The Kier molecular flexibility index (Phi) is 4.76. The van der Waals surface area contributed by atoms with Crippen LogP contribution in [0.15, 0.2) is 18.2 Å². The third-order valence-electron chi connectivity index (χ3n) is 2.25. The molecule has 0 aliphatic heterocycles. The van der Waals surface area contributed by atoms with Crippen LogP contribution < -0.4 is 11.1 Å². The molecule has 0 saturated carbocycles. The predicted octanol–water partition coefficient (Wildman–Crippen LogP) is 2.33. The predicted molar refractivity (Wildman–Crippen MR) is 62.7 cm³/mol. The van der Waals surface area contributed by atoms with Crippen LogP contribution in [0.4, 0.5) is 10.1 Å². The Labute approximate surface area is 94.8 Å². The second-order valence-electron chi connectivity index (χ2n) is 3.74. The molecule has 1 aromatic rings. The van der Waals surface area contributed by atoms with Crippen molar-refractivity contribution < 1.29 is 9.18 Å². The third kappa shape index (κ3) is 3.88. The molecule has 16 heavy (non-hydrogen) atoms. The number of nitrogens with one attached hydrogen (secondary N) is 1. The van der Waals surface area contributed by atoms with Crippen molar-refractivity contribution in [3.05, 3.63) is 29.6 Å². The number of anilines is 1. The van der Waals surface area contributed by atoms with Crippen molar-refractivity contribution in [1.82, 2.24) is 5.32 Å². The van der Waals surface area contributed by atoms with E-state index < -0.39 is 5.82 Å². The van der Waals surface area contributed by atoms with Gasteiger partial charge in [0.2, 0.25) is 0 Å². The van der Waals surface area contributed by atoms with Crippen molar-refractivity contribution in [2.24, 2.45) is 0 Å². The summed E-state index contributed by atoms with van der Waals surface area (Å²) >= 11 is 0. The fraction of sp³-hybridized carbons (Fsp3) is 0.417. The van der Waals surface area contributed by atoms with Crippen LogP contribution in [0.25, 0.3) is 0 Å². The summed E-state index contributed by atoms with van der Waals surface area (Å²) in [6, 6.07) is 3.84. The van der Waals surface area contributed by atoms with E-state index in [1.165, 1.54) is 18.2 Å². The Hall–Kier alpha value is -1.58. The van der Waals surface area contributed by atoms with Gasteiger partial charge in [-0.25, -0.2) is 4.39 Å². The molecule has 3 N–H and O–H groups in total. The number of halogens is 1. The molecule has 0 bridgehead atoms. The van der Waals surface area contributed by atoms with Gasteiger partial charge >= 0.3 is 0 Å². The van der Waals surface area contributed by atoms with E-state index in [1.807, 2.05) is 0 Å². The molecule has 0 aliphatic carbocycles. The van der Waals surface area contributed by atoms with E-state index in [4.69, 9.17) is 5.73 Å². The highest BCUT2D eigenvalue weighted by Gasteiger charge is 2.06. The average molecular weight is 224 g/mol. The number of benzene rings is 1. The monoisotopic (exact) mass is 224 g/mol. The maximum atomic E-state index is 13.0. The summed E-state index contributed by atoms with van der Waals surface area (Å²) in [5, 5.41) is 2.73. The Balaban J connectivity index is 2.52. The summed E-state index contributed by atoms with van der Waals surface area (Å²) in [6.45, 7) is 2.71. The van der Waals surface area contributed by atoms with Crippen molar-refractivity contribution >= 4 is 11.6 Å². The lowest BCUT2D eigenvalue weighted by molar-refractivity contribution is 0.0952. The van der Waals surface area contributed by atoms with Crippen molar-refractivity contribution in [2.75, 3.05) is 12.3 Å². The molecule has 0 aliphatic rings. The fourth-order valence-electron chi connectivity index (χ4n) is 1.42. The van der Waals surface area contributed by atoms with Gasteiger partial charge in [-0.2, -0.15) is 0 Å². The maximum absolute atomic E-state index is 13.0. The van der Waals surface area contributed by atoms with Crippen molar-refractivity contribution in [3.63, 3.8) is 0 Å². The minimum absolute atomic E-state index is 0.263. The highest BCUT2D eigenvalue weighted by atomic mass is 19.1. The summed E-state index contributed by atoms with van der Waals surface area (Å²) in [7, 11) is 0. The number of amides is 1. The van der Waals surface area contributed by atoms with Crippen LogP contribution in [0.2, 0.25) is 0 Å². The van der Waals surface area contributed by atoms with Gasteiger partial charge in [0.15, 0.2) is 0 Å². The van der Waals surface area contributed by atoms with Crippen LogP contribution in [-0.4, -0.2) is 12.5 Å². The van der Waals surface area contributed by atoms with Crippen LogP contribution in [-0.2, 0) is 0 Å². The second-order valence-corrected chi connectivity index (χ2v) is 3.74. The van der Waals surface area contributed by atoms with Gasteiger partial charge < -0.3 is 11.1 Å². The number of rotatable bonds is 5. The lowest BCUT2D eigenvalue weighted by Crippen LogP contribution is -2.24. The van der Waals surface area contributed by atoms with Gasteiger partial charge in [-0.15, -0.1) is 0 Å². The molecule has 0 spiro atoms. The maximum Gasteiger partial charge on any atom is 0.251 e. The zero-order valence-corrected chi connectivity index (χ0v) is 9.42. The van der Waals surface area contributed by atoms with Gasteiger partial charge in [-0.1, -0.05) is 19.8 Å². The van der Waals surface area contributed by atoms with Gasteiger partial charge in [0.25, 0.3) is 5.91 Å². The molecule has 0 atom stereocenters. The van der Waals surface area contributed by atoms with Crippen LogP contribution in [0.1, 0.15) is 36.5 Å². The average Bonchev–Trinajstić information content (AvgIpc) is 2.22. The molecule has 4 heteroatoms. The molecule has 1 amide bonds. The lowest BCUT2D eigenvalue weighted by atomic mass is 10.2. The zero-order valence-electron chi connectivity index (χ0n) is 9.42. The number of unbranched alkanes of at least 4 members (excludes halogenated alkanes) is 2. The van der Waals surface area contributed by atoms with E-state index in [1.54, 1.807) is 0 Å². The minimum Gasteiger partial charge on any atom is -0.399 e. The molecule has 0 saturated heterocycles. The van der Waals surface area contributed by atoms with Crippen LogP contribution in [0.5, 0.6) is 0 Å². The molecule has 3 nitrogen and oxygen atoms in total. The second kappa shape index (κ2) is 6.10. The Bertz CT molecular complexity index is 346. The van der Waals surface area contributed by atoms with Gasteiger partial charge in [0.1, 0.15) is 5.82 Å². The fourth-order valence-corrected chi connectivity index (χ4v) is 1.42. The Morgan fingerprint density at radius 3 is 2.75 bits per heavy atom. The first kappa shape index (κ1) is 12.5. The summed E-state index contributed by atoms with van der Waals surface area (Å²) in [6.07, 6.45) is 3.11. The quantitative estimate of drug-likeness (QED) is 0.595. The molecule has 0 radical (unpaired) electrons. The number of carbonyl (C=O) groups excluding carboxylic acids is 1. The topological polar surface area (TPSA) is 55.1 Å². The van der Waals surface area contributed by atoms with Gasteiger partial charge in [-0.3, -0.25) is 4.79 Å². The van der Waals surface area contributed by atoms with Crippen LogP contribution in [0, 0.1) is 5.82 Å². The van der Waals surface area contributed by atoms with Gasteiger partial charge in [0, 0.05) is 17.8 Å². The lowest BCUT2D eigenvalue weighted by Gasteiger charge is -2.05. The third-order valence-corrected chi connectivity index (χ3v) is 2.25. The number of hydrogen-bond donors (Lipinski definition) is 2. The van der Waals surface area contributed by atoms with Crippen LogP contribution >= 0.6 is 0 Å². The molecule has 0 aromatic heterocycles. The summed E-state index contributed by atoms with van der Waals surface area (Å²) in [5.41, 5.74) is 5.99. The number of nitrogen functional groups attached to an aromatic ring is 1.